The molecule has 6 aromatic rings. The number of hydrogen-bond donors (Lipinski definition) is 0. The van der Waals surface area contributed by atoms with Gasteiger partial charge in [0.2, 0.25) is 0 Å². The van der Waals surface area contributed by atoms with E-state index in [0.717, 1.165) is 27.8 Å². The van der Waals surface area contributed by atoms with Gasteiger partial charge in [-0.3, -0.25) is 10.1 Å². The van der Waals surface area contributed by atoms with E-state index in [2.05, 4.69) is 0 Å². The molecular weight excluding hydrogens is 791 g/mol. The van der Waals surface area contributed by atoms with Crippen LogP contribution in [0.3, 0.4) is 0 Å². The summed E-state index contributed by atoms with van der Waals surface area (Å²) in [5.41, 5.74) is 4.45. The van der Waals surface area contributed by atoms with Crippen molar-refractivity contribution in [1.82, 2.24) is 0 Å². The van der Waals surface area contributed by atoms with E-state index in [4.69, 9.17) is 37.9 Å². The van der Waals surface area contributed by atoms with Gasteiger partial charge in [0.05, 0.1) is 57.2 Å². The third kappa shape index (κ3) is 12.4. The summed E-state index contributed by atoms with van der Waals surface area (Å²) >= 11 is 0. The molecule has 0 spiro atoms. The highest BCUT2D eigenvalue weighted by molar-refractivity contribution is 5.89. The molecule has 1 fully saturated rings. The number of ether oxygens (including phenoxy) is 8. The van der Waals surface area contributed by atoms with Crippen LogP contribution >= 0.6 is 0 Å². The molecule has 0 aromatic heterocycles. The van der Waals surface area contributed by atoms with Crippen molar-refractivity contribution in [3.8, 4) is 5.75 Å². The van der Waals surface area contributed by atoms with E-state index in [-0.39, 0.29) is 50.9 Å². The summed E-state index contributed by atoms with van der Waals surface area (Å²) in [6.45, 7) is 0.782. The van der Waals surface area contributed by atoms with Gasteiger partial charge in [0.25, 0.3) is 5.69 Å². The first-order chi connectivity index (χ1) is 30.4. The van der Waals surface area contributed by atoms with Gasteiger partial charge in [0.15, 0.2) is 12.4 Å². The SMILES string of the molecule is COc1ccc(CO[C@H]2[C@@H](OCc3ccccc3)O[C@H]([C@H](COCc3ccccc3)OC(=O)c3ccc([N+](=O)[O-])cc3)[C@@H](OCc3ccccc3)[C@@H]2OCc2ccccc2)cc1. The maximum Gasteiger partial charge on any atom is 0.338 e. The fourth-order valence-electron chi connectivity index (χ4n) is 7.01. The molecule has 1 heterocycles. The normalized spacial score (nSPS) is 19.0. The van der Waals surface area contributed by atoms with Crippen LogP contribution in [0.4, 0.5) is 5.69 Å². The Morgan fingerprint density at radius 2 is 1.02 bits per heavy atom. The molecule has 1 aliphatic heterocycles. The van der Waals surface area contributed by atoms with E-state index in [0.29, 0.717) is 5.75 Å². The zero-order valence-corrected chi connectivity index (χ0v) is 34.3. The standard InChI is InChI=1S/C50H49NO11/c1-55-43-28-22-40(23-29-43)33-59-48-47(58-32-38-18-10-4-11-19-38)46(57-31-37-16-8-3-9-17-37)45(62-50(48)60-34-39-20-12-5-13-21-39)44(35-56-30-36-14-6-2-7-15-36)61-49(52)41-24-26-42(27-25-41)51(53)54/h2-29,44-48,50H,30-35H2,1H3/t44-,45+,46+,47-,48+,50-/m0/s1. The number of benzene rings is 6. The van der Waals surface area contributed by atoms with Gasteiger partial charge in [-0.05, 0) is 52.1 Å². The Hall–Kier alpha value is -6.25. The Kier molecular flexibility index (Phi) is 15.9. The lowest BCUT2D eigenvalue weighted by molar-refractivity contribution is -0.384. The van der Waals surface area contributed by atoms with E-state index in [9.17, 15) is 14.9 Å². The molecule has 6 aromatic carbocycles. The molecule has 6 atom stereocenters. The van der Waals surface area contributed by atoms with Gasteiger partial charge in [0, 0.05) is 12.1 Å². The van der Waals surface area contributed by atoms with E-state index in [1.54, 1.807) is 7.11 Å². The smallest absolute Gasteiger partial charge is 0.338 e. The van der Waals surface area contributed by atoms with Crippen LogP contribution in [0.15, 0.2) is 170 Å². The summed E-state index contributed by atoms with van der Waals surface area (Å²) in [6, 6.07) is 51.6. The minimum absolute atomic E-state index is 0.107. The van der Waals surface area contributed by atoms with Crippen LogP contribution in [0.2, 0.25) is 0 Å². The first-order valence-corrected chi connectivity index (χ1v) is 20.4. The Morgan fingerprint density at radius 1 is 0.565 bits per heavy atom. The van der Waals surface area contributed by atoms with Crippen LogP contribution in [-0.2, 0) is 66.2 Å². The molecule has 0 amide bonds. The lowest BCUT2D eigenvalue weighted by atomic mass is 9.94. The van der Waals surface area contributed by atoms with Gasteiger partial charge in [0.1, 0.15) is 30.2 Å². The summed E-state index contributed by atoms with van der Waals surface area (Å²) in [5.74, 6) is -0.0242. The van der Waals surface area contributed by atoms with Gasteiger partial charge in [-0.15, -0.1) is 0 Å². The molecule has 1 saturated heterocycles. The summed E-state index contributed by atoms with van der Waals surface area (Å²) in [7, 11) is 1.61. The van der Waals surface area contributed by atoms with Crippen LogP contribution in [0.5, 0.6) is 5.75 Å². The molecule has 0 saturated carbocycles. The molecule has 0 unspecified atom stereocenters. The average molecular weight is 840 g/mol. The maximum atomic E-state index is 14.0. The fourth-order valence-corrected chi connectivity index (χ4v) is 7.01. The summed E-state index contributed by atoms with van der Waals surface area (Å²) < 4.78 is 52.1. The lowest BCUT2D eigenvalue weighted by Gasteiger charge is -2.47. The van der Waals surface area contributed by atoms with Gasteiger partial charge in [-0.1, -0.05) is 133 Å². The molecule has 0 aliphatic carbocycles. The molecule has 62 heavy (non-hydrogen) atoms. The minimum atomic E-state index is -1.10. The average Bonchev–Trinajstić information content (AvgIpc) is 3.32. The summed E-state index contributed by atoms with van der Waals surface area (Å²) in [5, 5.41) is 11.4. The highest BCUT2D eigenvalue weighted by atomic mass is 16.7. The Labute approximate surface area is 361 Å². The van der Waals surface area contributed by atoms with Crippen LogP contribution in [-0.4, -0.2) is 61.4 Å². The number of rotatable bonds is 21. The quantitative estimate of drug-likeness (QED) is 0.0391. The molecule has 320 valence electrons. The topological polar surface area (TPSA) is 134 Å². The lowest BCUT2D eigenvalue weighted by Crippen LogP contribution is -2.64. The van der Waals surface area contributed by atoms with Crippen LogP contribution in [0.1, 0.15) is 38.2 Å². The van der Waals surface area contributed by atoms with Crippen LogP contribution in [0.25, 0.3) is 0 Å². The zero-order valence-electron chi connectivity index (χ0n) is 34.3. The van der Waals surface area contributed by atoms with Crippen molar-refractivity contribution >= 4 is 11.7 Å². The first-order valence-electron chi connectivity index (χ1n) is 20.4. The fraction of sp³-hybridized carbons (Fsp3) is 0.260. The van der Waals surface area contributed by atoms with E-state index >= 15 is 0 Å². The molecular formula is C50H49NO11. The predicted molar refractivity (Wildman–Crippen MR) is 230 cm³/mol. The third-order valence-electron chi connectivity index (χ3n) is 10.3. The van der Waals surface area contributed by atoms with Gasteiger partial charge >= 0.3 is 5.97 Å². The minimum Gasteiger partial charge on any atom is -0.497 e. The van der Waals surface area contributed by atoms with Crippen molar-refractivity contribution in [2.24, 2.45) is 0 Å². The van der Waals surface area contributed by atoms with Crippen LogP contribution in [0, 0.1) is 10.1 Å². The van der Waals surface area contributed by atoms with E-state index < -0.39 is 47.7 Å². The van der Waals surface area contributed by atoms with Gasteiger partial charge in [-0.25, -0.2) is 4.79 Å². The number of carbonyl (C=O) groups is 1. The first kappa shape index (κ1) is 43.8. The van der Waals surface area contributed by atoms with Crippen molar-refractivity contribution in [2.45, 2.75) is 69.8 Å². The molecule has 0 N–H and O–H groups in total. The third-order valence-corrected chi connectivity index (χ3v) is 10.3. The van der Waals surface area contributed by atoms with Gasteiger partial charge in [-0.2, -0.15) is 0 Å². The Morgan fingerprint density at radius 3 is 1.52 bits per heavy atom. The van der Waals surface area contributed by atoms with Crippen molar-refractivity contribution in [2.75, 3.05) is 13.7 Å². The number of carbonyl (C=O) groups excluding carboxylic acids is 1. The summed E-state index contributed by atoms with van der Waals surface area (Å²) in [4.78, 5) is 24.9. The molecule has 12 heteroatoms. The van der Waals surface area contributed by atoms with E-state index in [1.165, 1.54) is 24.3 Å². The number of hydrogen-bond acceptors (Lipinski definition) is 11. The van der Waals surface area contributed by atoms with Gasteiger partial charge < -0.3 is 37.9 Å². The second kappa shape index (κ2) is 22.6. The van der Waals surface area contributed by atoms with Crippen molar-refractivity contribution < 1.29 is 47.6 Å². The monoisotopic (exact) mass is 839 g/mol. The van der Waals surface area contributed by atoms with Crippen LogP contribution < -0.4 is 4.74 Å². The van der Waals surface area contributed by atoms with E-state index in [1.807, 2.05) is 146 Å². The Bertz CT molecular complexity index is 2250. The Balaban J connectivity index is 1.28. The molecule has 12 nitrogen and oxygen atoms in total. The molecule has 7 rings (SSSR count). The number of nitro groups is 1. The number of methoxy groups -OCH3 is 1. The number of nitrogens with zero attached hydrogens (tertiary/aromatic N) is 1. The highest BCUT2D eigenvalue weighted by Crippen LogP contribution is 2.34. The van der Waals surface area contributed by atoms with Crippen molar-refractivity contribution in [3.05, 3.63) is 213 Å². The highest BCUT2D eigenvalue weighted by Gasteiger charge is 2.52. The number of nitro benzene ring substituents is 1. The number of non-ortho nitro benzene ring substituents is 1. The number of esters is 1. The maximum absolute atomic E-state index is 14.0. The molecule has 0 bridgehead atoms. The largest absolute Gasteiger partial charge is 0.497 e. The summed E-state index contributed by atoms with van der Waals surface area (Å²) in [6.07, 6.45) is -5.85. The molecule has 0 radical (unpaired) electrons. The second-order valence-electron chi connectivity index (χ2n) is 14.7. The second-order valence-corrected chi connectivity index (χ2v) is 14.7. The zero-order chi connectivity index (χ0) is 42.9. The van der Waals surface area contributed by atoms with Crippen molar-refractivity contribution in [3.63, 3.8) is 0 Å². The van der Waals surface area contributed by atoms with Crippen molar-refractivity contribution in [1.29, 1.82) is 0 Å². The molecule has 1 aliphatic rings. The predicted octanol–water partition coefficient (Wildman–Crippen LogP) is 9.04.